The first-order valence-electron chi connectivity index (χ1n) is 9.32. The van der Waals surface area contributed by atoms with Crippen molar-refractivity contribution in [2.75, 3.05) is 0 Å². The van der Waals surface area contributed by atoms with Crippen LogP contribution in [-0.4, -0.2) is 23.0 Å². The van der Waals surface area contributed by atoms with Crippen LogP contribution in [0.15, 0.2) is 23.3 Å². The van der Waals surface area contributed by atoms with E-state index in [0.29, 0.717) is 37.7 Å². The van der Waals surface area contributed by atoms with Gasteiger partial charge in [0.1, 0.15) is 0 Å². The molecule has 4 aliphatic rings. The summed E-state index contributed by atoms with van der Waals surface area (Å²) in [7, 11) is 0. The summed E-state index contributed by atoms with van der Waals surface area (Å²) in [6.07, 6.45) is 6.26. The van der Waals surface area contributed by atoms with Crippen LogP contribution in [0.2, 0.25) is 0 Å². The van der Waals surface area contributed by atoms with Gasteiger partial charge in [-0.3, -0.25) is 14.4 Å². The maximum Gasteiger partial charge on any atom is 0.180 e. The van der Waals surface area contributed by atoms with Gasteiger partial charge in [0.15, 0.2) is 23.0 Å². The van der Waals surface area contributed by atoms with E-state index in [-0.39, 0.29) is 35.6 Å². The van der Waals surface area contributed by atoms with E-state index < -0.39 is 16.5 Å². The standard InChI is InChI=1S/C21H25FO3/c1-12(23)15-6-7-16-17-5-4-13-10-14(24)8-9-20(13,3)21(17,22)18(25)11-19(15,16)2/h6,10,16-17H,4-5,7-9,11H2,1-3H3/t16-,17-,19+,20-,21-/m0/s1. The molecule has 0 unspecified atom stereocenters. The molecule has 0 radical (unpaired) electrons. The van der Waals surface area contributed by atoms with E-state index >= 15 is 4.39 Å². The van der Waals surface area contributed by atoms with Gasteiger partial charge in [0.2, 0.25) is 0 Å². The predicted molar refractivity (Wildman–Crippen MR) is 91.6 cm³/mol. The Hall–Kier alpha value is -1.58. The molecule has 4 aliphatic carbocycles. The normalized spacial score (nSPS) is 45.9. The molecule has 0 aromatic carbocycles. The molecule has 4 heteroatoms. The SMILES string of the molecule is CC(=O)C1=CC[C@H]2[C@@H]3CCC4=CC(=O)CC[C@]4(C)[C@@]3(F)C(=O)C[C@]12C. The van der Waals surface area contributed by atoms with Crippen LogP contribution in [-0.2, 0) is 14.4 Å². The highest BCUT2D eigenvalue weighted by Crippen LogP contribution is 2.67. The van der Waals surface area contributed by atoms with Crippen molar-refractivity contribution in [2.24, 2.45) is 22.7 Å². The van der Waals surface area contributed by atoms with Gasteiger partial charge in [0.25, 0.3) is 0 Å². The molecular weight excluding hydrogens is 319 g/mol. The number of allylic oxidation sites excluding steroid dienone is 4. The fourth-order valence-corrected chi connectivity index (χ4v) is 6.42. The molecule has 0 heterocycles. The van der Waals surface area contributed by atoms with Crippen molar-refractivity contribution in [1.29, 1.82) is 0 Å². The second-order valence-corrected chi connectivity index (χ2v) is 8.86. The number of rotatable bonds is 1. The minimum absolute atomic E-state index is 0.00460. The number of alkyl halides is 1. The smallest absolute Gasteiger partial charge is 0.180 e. The van der Waals surface area contributed by atoms with Crippen LogP contribution in [0.3, 0.4) is 0 Å². The Morgan fingerprint density at radius 3 is 2.60 bits per heavy atom. The Morgan fingerprint density at radius 2 is 1.92 bits per heavy atom. The van der Waals surface area contributed by atoms with Gasteiger partial charge in [-0.2, -0.15) is 0 Å². The van der Waals surface area contributed by atoms with E-state index in [1.54, 1.807) is 6.08 Å². The fourth-order valence-electron chi connectivity index (χ4n) is 6.42. The van der Waals surface area contributed by atoms with Crippen molar-refractivity contribution < 1.29 is 18.8 Å². The topological polar surface area (TPSA) is 51.2 Å². The Kier molecular flexibility index (Phi) is 3.36. The third-order valence-corrected chi connectivity index (χ3v) is 7.76. The van der Waals surface area contributed by atoms with Crippen molar-refractivity contribution in [3.8, 4) is 0 Å². The van der Waals surface area contributed by atoms with E-state index in [1.165, 1.54) is 6.92 Å². The highest BCUT2D eigenvalue weighted by atomic mass is 19.1. The van der Waals surface area contributed by atoms with E-state index in [1.807, 2.05) is 19.9 Å². The first-order valence-corrected chi connectivity index (χ1v) is 9.32. The van der Waals surface area contributed by atoms with Crippen molar-refractivity contribution >= 4 is 17.3 Å². The molecule has 3 nitrogen and oxygen atoms in total. The largest absolute Gasteiger partial charge is 0.296 e. The third-order valence-electron chi connectivity index (χ3n) is 7.76. The lowest BCUT2D eigenvalue weighted by molar-refractivity contribution is -0.169. The molecule has 25 heavy (non-hydrogen) atoms. The van der Waals surface area contributed by atoms with E-state index in [0.717, 1.165) is 5.57 Å². The maximum absolute atomic E-state index is 16.6. The van der Waals surface area contributed by atoms with Crippen LogP contribution in [0.1, 0.15) is 59.3 Å². The summed E-state index contributed by atoms with van der Waals surface area (Å²) in [5, 5.41) is 0. The summed E-state index contributed by atoms with van der Waals surface area (Å²) in [4.78, 5) is 37.1. The molecule has 0 bridgehead atoms. The van der Waals surface area contributed by atoms with Crippen molar-refractivity contribution in [3.05, 3.63) is 23.3 Å². The van der Waals surface area contributed by atoms with Crippen LogP contribution in [0.25, 0.3) is 0 Å². The first-order chi connectivity index (χ1) is 11.6. The molecule has 2 fully saturated rings. The Morgan fingerprint density at radius 1 is 1.20 bits per heavy atom. The molecule has 0 aliphatic heterocycles. The molecule has 0 N–H and O–H groups in total. The van der Waals surface area contributed by atoms with Gasteiger partial charge in [0, 0.05) is 29.6 Å². The summed E-state index contributed by atoms with van der Waals surface area (Å²) >= 11 is 0. The van der Waals surface area contributed by atoms with Crippen LogP contribution in [0.5, 0.6) is 0 Å². The summed E-state index contributed by atoms with van der Waals surface area (Å²) in [5.41, 5.74) is -1.80. The number of fused-ring (bicyclic) bond motifs is 5. The predicted octanol–water partition coefficient (Wildman–Crippen LogP) is 3.91. The molecule has 2 saturated carbocycles. The van der Waals surface area contributed by atoms with Crippen molar-refractivity contribution in [1.82, 2.24) is 0 Å². The minimum atomic E-state index is -1.91. The van der Waals surface area contributed by atoms with Gasteiger partial charge in [0.05, 0.1) is 0 Å². The summed E-state index contributed by atoms with van der Waals surface area (Å²) in [6, 6.07) is 0. The van der Waals surface area contributed by atoms with E-state index in [4.69, 9.17) is 0 Å². The third kappa shape index (κ3) is 1.89. The number of carbonyl (C=O) groups excluding carboxylic acids is 3. The van der Waals surface area contributed by atoms with Crippen LogP contribution >= 0.6 is 0 Å². The molecule has 0 saturated heterocycles. The number of carbonyl (C=O) groups is 3. The second kappa shape index (κ2) is 4.99. The number of hydrogen-bond donors (Lipinski definition) is 0. The summed E-state index contributed by atoms with van der Waals surface area (Å²) < 4.78 is 16.6. The average molecular weight is 344 g/mol. The van der Waals surface area contributed by atoms with Gasteiger partial charge in [-0.05, 0) is 50.2 Å². The molecule has 5 atom stereocenters. The molecule has 0 aromatic heterocycles. The molecule has 0 spiro atoms. The maximum atomic E-state index is 16.6. The summed E-state index contributed by atoms with van der Waals surface area (Å²) in [6.45, 7) is 5.34. The van der Waals surface area contributed by atoms with Crippen LogP contribution in [0, 0.1) is 22.7 Å². The molecule has 0 aromatic rings. The monoisotopic (exact) mass is 344 g/mol. The van der Waals surface area contributed by atoms with Gasteiger partial charge in [-0.15, -0.1) is 0 Å². The lowest BCUT2D eigenvalue weighted by Gasteiger charge is -2.59. The van der Waals surface area contributed by atoms with E-state index in [9.17, 15) is 14.4 Å². The molecule has 134 valence electrons. The van der Waals surface area contributed by atoms with Gasteiger partial charge in [-0.25, -0.2) is 4.39 Å². The zero-order valence-corrected chi connectivity index (χ0v) is 15.2. The van der Waals surface area contributed by atoms with Gasteiger partial charge in [-0.1, -0.05) is 25.5 Å². The molecule has 4 rings (SSSR count). The fraction of sp³-hybridized carbons (Fsp3) is 0.667. The van der Waals surface area contributed by atoms with Gasteiger partial charge >= 0.3 is 0 Å². The number of Topliss-reactive ketones (excluding diaryl/α,β-unsaturated/α-hetero) is 2. The Balaban J connectivity index is 1.81. The van der Waals surface area contributed by atoms with E-state index in [2.05, 4.69) is 0 Å². The number of halogens is 1. The first kappa shape index (κ1) is 16.9. The average Bonchev–Trinajstić information content (AvgIpc) is 2.87. The van der Waals surface area contributed by atoms with Crippen molar-refractivity contribution in [2.45, 2.75) is 65.0 Å². The number of ketones is 3. The van der Waals surface area contributed by atoms with Crippen molar-refractivity contribution in [3.63, 3.8) is 0 Å². The molecule has 0 amide bonds. The van der Waals surface area contributed by atoms with Crippen LogP contribution in [0.4, 0.5) is 4.39 Å². The Bertz CT molecular complexity index is 763. The molecular formula is C21H25FO3. The van der Waals surface area contributed by atoms with Gasteiger partial charge < -0.3 is 0 Å². The number of hydrogen-bond acceptors (Lipinski definition) is 3. The minimum Gasteiger partial charge on any atom is -0.296 e. The highest BCUT2D eigenvalue weighted by molar-refractivity contribution is 5.99. The highest BCUT2D eigenvalue weighted by Gasteiger charge is 2.70. The lowest BCUT2D eigenvalue weighted by Crippen LogP contribution is -2.65. The second-order valence-electron chi connectivity index (χ2n) is 8.86. The zero-order valence-electron chi connectivity index (χ0n) is 15.2. The van der Waals surface area contributed by atoms with Crippen LogP contribution < -0.4 is 0 Å². The summed E-state index contributed by atoms with van der Waals surface area (Å²) in [5.74, 6) is -0.709. The Labute approximate surface area is 147 Å². The lowest BCUT2D eigenvalue weighted by atomic mass is 9.45. The zero-order chi connectivity index (χ0) is 18.2. The quantitative estimate of drug-likeness (QED) is 0.724.